The predicted octanol–water partition coefficient (Wildman–Crippen LogP) is -0.0379. The van der Waals surface area contributed by atoms with Gasteiger partial charge in [0.1, 0.15) is 6.04 Å². The summed E-state index contributed by atoms with van der Waals surface area (Å²) in [5, 5.41) is 11.2. The molecule has 2 unspecified atom stereocenters. The van der Waals surface area contributed by atoms with E-state index in [1.54, 1.807) is 12.4 Å². The molecule has 104 valence electrons. The lowest BCUT2D eigenvalue weighted by Crippen LogP contribution is -2.43. The van der Waals surface area contributed by atoms with E-state index in [2.05, 4.69) is 10.3 Å². The van der Waals surface area contributed by atoms with Crippen LogP contribution in [-0.2, 0) is 26.8 Å². The van der Waals surface area contributed by atoms with Crippen LogP contribution in [0.25, 0.3) is 0 Å². The molecule has 2 N–H and O–H groups in total. The van der Waals surface area contributed by atoms with E-state index in [0.29, 0.717) is 12.2 Å². The molecule has 1 aromatic rings. The Kier molecular flexibility index (Phi) is 6.14. The van der Waals surface area contributed by atoms with Crippen LogP contribution in [0.15, 0.2) is 24.5 Å². The van der Waals surface area contributed by atoms with Gasteiger partial charge in [0.25, 0.3) is 0 Å². The fourth-order valence-corrected chi connectivity index (χ4v) is 2.70. The number of hydrogen-bond acceptors (Lipinski definition) is 4. The van der Waals surface area contributed by atoms with Crippen LogP contribution in [0.4, 0.5) is 0 Å². The third-order valence-corrected chi connectivity index (χ3v) is 3.76. The number of pyridine rings is 1. The minimum absolute atomic E-state index is 0.0833. The molecule has 0 aliphatic rings. The Morgan fingerprint density at radius 1 is 1.42 bits per heavy atom. The number of nitrogens with one attached hydrogen (secondary N) is 1. The van der Waals surface area contributed by atoms with Crippen molar-refractivity contribution in [2.75, 3.05) is 11.5 Å². The molecule has 6 nitrogen and oxygen atoms in total. The van der Waals surface area contributed by atoms with Crippen molar-refractivity contribution in [2.24, 2.45) is 0 Å². The third-order valence-electron chi connectivity index (χ3n) is 2.40. The first kappa shape index (κ1) is 15.3. The lowest BCUT2D eigenvalue weighted by atomic mass is 10.2. The molecule has 19 heavy (non-hydrogen) atoms. The monoisotopic (exact) mass is 284 g/mol. The highest BCUT2D eigenvalue weighted by atomic mass is 32.2. The summed E-state index contributed by atoms with van der Waals surface area (Å²) in [5.74, 6) is -1.35. The Bertz CT molecular complexity index is 464. The number of aromatic nitrogens is 1. The SMILES string of the molecule is CC(=O)NC(CS(=O)CCc1ccncc1)C(=O)O. The van der Waals surface area contributed by atoms with E-state index in [4.69, 9.17) is 5.11 Å². The van der Waals surface area contributed by atoms with Crippen molar-refractivity contribution in [1.29, 1.82) is 0 Å². The topological polar surface area (TPSA) is 96.4 Å². The molecule has 0 saturated heterocycles. The number of carboxylic acids is 1. The summed E-state index contributed by atoms with van der Waals surface area (Å²) in [5.41, 5.74) is 0.995. The van der Waals surface area contributed by atoms with Crippen LogP contribution in [0, 0.1) is 0 Å². The number of carbonyl (C=O) groups is 2. The molecule has 1 heterocycles. The van der Waals surface area contributed by atoms with Gasteiger partial charge in [0.2, 0.25) is 5.91 Å². The third kappa shape index (κ3) is 6.10. The van der Waals surface area contributed by atoms with E-state index in [0.717, 1.165) is 5.56 Å². The first-order chi connectivity index (χ1) is 8.99. The summed E-state index contributed by atoms with van der Waals surface area (Å²) >= 11 is 0. The molecule has 1 aromatic heterocycles. The lowest BCUT2D eigenvalue weighted by Gasteiger charge is -2.12. The lowest BCUT2D eigenvalue weighted by molar-refractivity contribution is -0.140. The number of amides is 1. The summed E-state index contributed by atoms with van der Waals surface area (Å²) in [7, 11) is -1.30. The molecule has 7 heteroatoms. The average Bonchev–Trinajstić information content (AvgIpc) is 2.36. The fraction of sp³-hybridized carbons (Fsp3) is 0.417. The minimum atomic E-state index is -1.30. The van der Waals surface area contributed by atoms with E-state index in [1.807, 2.05) is 12.1 Å². The van der Waals surface area contributed by atoms with Gasteiger partial charge < -0.3 is 10.4 Å². The number of carbonyl (C=O) groups excluding carboxylic acids is 1. The number of aryl methyl sites for hydroxylation is 1. The molecule has 0 fully saturated rings. The van der Waals surface area contributed by atoms with E-state index in [1.165, 1.54) is 6.92 Å². The van der Waals surface area contributed by atoms with Crippen LogP contribution in [0.1, 0.15) is 12.5 Å². The number of nitrogens with zero attached hydrogens (tertiary/aromatic N) is 1. The van der Waals surface area contributed by atoms with Crippen LogP contribution in [0.5, 0.6) is 0 Å². The summed E-state index contributed by atoms with van der Waals surface area (Å²) in [4.78, 5) is 25.6. The van der Waals surface area contributed by atoms with Crippen molar-refractivity contribution in [3.8, 4) is 0 Å². The maximum atomic E-state index is 11.8. The fourth-order valence-electron chi connectivity index (χ4n) is 1.47. The smallest absolute Gasteiger partial charge is 0.327 e. The zero-order valence-electron chi connectivity index (χ0n) is 10.5. The summed E-state index contributed by atoms with van der Waals surface area (Å²) in [6, 6.07) is 2.54. The van der Waals surface area contributed by atoms with Gasteiger partial charge in [-0.05, 0) is 24.1 Å². The number of hydrogen-bond donors (Lipinski definition) is 2. The van der Waals surface area contributed by atoms with Gasteiger partial charge in [-0.25, -0.2) is 4.79 Å². The molecule has 1 rings (SSSR count). The second-order valence-electron chi connectivity index (χ2n) is 4.01. The van der Waals surface area contributed by atoms with Gasteiger partial charge in [-0.3, -0.25) is 14.0 Å². The summed E-state index contributed by atoms with van der Waals surface area (Å²) < 4.78 is 11.8. The van der Waals surface area contributed by atoms with Crippen molar-refractivity contribution in [1.82, 2.24) is 10.3 Å². The predicted molar refractivity (Wildman–Crippen MR) is 71.1 cm³/mol. The molecular weight excluding hydrogens is 268 g/mol. The molecule has 0 aliphatic carbocycles. The molecule has 0 saturated carbocycles. The van der Waals surface area contributed by atoms with Gasteiger partial charge >= 0.3 is 5.97 Å². The van der Waals surface area contributed by atoms with Crippen molar-refractivity contribution in [3.63, 3.8) is 0 Å². The zero-order valence-corrected chi connectivity index (χ0v) is 11.4. The van der Waals surface area contributed by atoms with Crippen LogP contribution in [-0.4, -0.2) is 43.7 Å². The van der Waals surface area contributed by atoms with Crippen molar-refractivity contribution in [3.05, 3.63) is 30.1 Å². The molecule has 0 spiro atoms. The van der Waals surface area contributed by atoms with Crippen LogP contribution in [0.2, 0.25) is 0 Å². The first-order valence-corrected chi connectivity index (χ1v) is 7.21. The molecule has 0 bridgehead atoms. The Balaban J connectivity index is 2.45. The number of rotatable bonds is 7. The van der Waals surface area contributed by atoms with Gasteiger partial charge in [0.15, 0.2) is 0 Å². The van der Waals surface area contributed by atoms with Gasteiger partial charge in [0, 0.05) is 35.9 Å². The Hall–Kier alpha value is -1.76. The highest BCUT2D eigenvalue weighted by Crippen LogP contribution is 2.00. The molecule has 2 atom stereocenters. The second-order valence-corrected chi connectivity index (χ2v) is 5.63. The van der Waals surface area contributed by atoms with Crippen molar-refractivity contribution < 1.29 is 18.9 Å². The highest BCUT2D eigenvalue weighted by molar-refractivity contribution is 7.85. The van der Waals surface area contributed by atoms with Crippen molar-refractivity contribution >= 4 is 22.7 Å². The van der Waals surface area contributed by atoms with E-state index in [-0.39, 0.29) is 5.75 Å². The first-order valence-electron chi connectivity index (χ1n) is 5.73. The zero-order chi connectivity index (χ0) is 14.3. The van der Waals surface area contributed by atoms with Crippen molar-refractivity contribution in [2.45, 2.75) is 19.4 Å². The van der Waals surface area contributed by atoms with Crippen LogP contribution in [0.3, 0.4) is 0 Å². The molecule has 1 amide bonds. The normalized spacial score (nSPS) is 13.5. The molecule has 0 aliphatic heterocycles. The standard InChI is InChI=1S/C12H16N2O4S/c1-9(15)14-11(12(16)17)8-19(18)7-4-10-2-5-13-6-3-10/h2-3,5-6,11H,4,7-8H2,1H3,(H,14,15)(H,16,17). The second kappa shape index (κ2) is 7.63. The Labute approximate surface area is 113 Å². The van der Waals surface area contributed by atoms with Gasteiger partial charge in [-0.1, -0.05) is 0 Å². The maximum Gasteiger partial charge on any atom is 0.327 e. The molecule has 0 aromatic carbocycles. The molecule has 0 radical (unpaired) electrons. The van der Waals surface area contributed by atoms with Crippen LogP contribution < -0.4 is 5.32 Å². The molecular formula is C12H16N2O4S. The number of aliphatic carboxylic acids is 1. The van der Waals surface area contributed by atoms with Crippen LogP contribution >= 0.6 is 0 Å². The Morgan fingerprint density at radius 3 is 2.58 bits per heavy atom. The Morgan fingerprint density at radius 2 is 2.05 bits per heavy atom. The highest BCUT2D eigenvalue weighted by Gasteiger charge is 2.20. The van der Waals surface area contributed by atoms with Gasteiger partial charge in [0.05, 0.1) is 5.75 Å². The average molecular weight is 284 g/mol. The van der Waals surface area contributed by atoms with Gasteiger partial charge in [-0.2, -0.15) is 0 Å². The van der Waals surface area contributed by atoms with E-state index < -0.39 is 28.7 Å². The number of carboxylic acid groups (broad SMARTS) is 1. The maximum absolute atomic E-state index is 11.8. The summed E-state index contributed by atoms with van der Waals surface area (Å²) in [6.07, 6.45) is 3.88. The summed E-state index contributed by atoms with van der Waals surface area (Å²) in [6.45, 7) is 1.23. The van der Waals surface area contributed by atoms with E-state index in [9.17, 15) is 13.8 Å². The van der Waals surface area contributed by atoms with E-state index >= 15 is 0 Å². The quantitative estimate of drug-likeness (QED) is 0.732. The van der Waals surface area contributed by atoms with Gasteiger partial charge in [-0.15, -0.1) is 0 Å². The largest absolute Gasteiger partial charge is 0.480 e. The minimum Gasteiger partial charge on any atom is -0.480 e.